The summed E-state index contributed by atoms with van der Waals surface area (Å²) < 4.78 is 8.97. The van der Waals surface area contributed by atoms with Gasteiger partial charge in [0.1, 0.15) is 6.04 Å². The lowest BCUT2D eigenvalue weighted by Crippen LogP contribution is -2.47. The molecule has 4 aromatic carbocycles. The smallest absolute Gasteiger partial charge is 0.283 e. The van der Waals surface area contributed by atoms with Crippen molar-refractivity contribution in [2.75, 3.05) is 7.05 Å². The van der Waals surface area contributed by atoms with E-state index in [2.05, 4.69) is 50.4 Å². The van der Waals surface area contributed by atoms with Crippen LogP contribution in [0, 0.1) is 5.41 Å². The molecule has 5 aromatic rings. The molecule has 1 radical (unpaired) electrons. The number of aromatic nitrogens is 1. The number of hydrogen-bond donors (Lipinski definition) is 2. The molecule has 245 valence electrons. The Bertz CT molecular complexity index is 1860. The Labute approximate surface area is 293 Å². The molecule has 0 aliphatic rings. The summed E-state index contributed by atoms with van der Waals surface area (Å²) in [6.07, 6.45) is 4.49. The maximum atomic E-state index is 13.3. The van der Waals surface area contributed by atoms with Crippen LogP contribution in [0.5, 0.6) is 0 Å². The number of nitrogens with two attached hydrogens (primary N) is 1. The van der Waals surface area contributed by atoms with Gasteiger partial charge < -0.3 is 20.0 Å². The topological polar surface area (TPSA) is 86.4 Å². The molecule has 48 heavy (non-hydrogen) atoms. The van der Waals surface area contributed by atoms with E-state index in [4.69, 9.17) is 33.4 Å². The van der Waals surface area contributed by atoms with Gasteiger partial charge in [0.2, 0.25) is 0 Å². The Morgan fingerprint density at radius 3 is 2.02 bits per heavy atom. The number of ketones is 1. The van der Waals surface area contributed by atoms with Crippen molar-refractivity contribution in [1.29, 1.82) is 0 Å². The molecule has 2 atom stereocenters. The zero-order valence-corrected chi connectivity index (χ0v) is 29.8. The molecule has 0 aliphatic heterocycles. The summed E-state index contributed by atoms with van der Waals surface area (Å²) >= 11 is 14.2. The van der Waals surface area contributed by atoms with Gasteiger partial charge in [-0.2, -0.15) is 0 Å². The molecule has 0 saturated carbocycles. The third-order valence-electron chi connectivity index (χ3n) is 7.97. The second kappa shape index (κ2) is 15.3. The maximum Gasteiger partial charge on any atom is 0.283 e. The van der Waals surface area contributed by atoms with Gasteiger partial charge in [-0.25, -0.2) is 0 Å². The van der Waals surface area contributed by atoms with Crippen LogP contribution in [0.1, 0.15) is 60.1 Å². The summed E-state index contributed by atoms with van der Waals surface area (Å²) in [5.41, 5.74) is 9.34. The number of hydrogen-bond acceptors (Lipinski definition) is 4. The summed E-state index contributed by atoms with van der Waals surface area (Å²) in [6, 6.07) is 33.7. The minimum atomic E-state index is -1.71. The Hall–Kier alpha value is -4.24. The van der Waals surface area contributed by atoms with Crippen LogP contribution in [0.2, 0.25) is 10.0 Å². The number of carbonyl (C=O) groups is 2. The van der Waals surface area contributed by atoms with Gasteiger partial charge in [0.05, 0.1) is 16.8 Å². The standard InChI is InChI=1S/C39H38Cl2N3O3Si/c1-39(2,3)37(47-48(28-12-7-5-8-13-28)29-14-9-6-10-15-29)34-30(40)22-23-31(35(34)41)44-25-11-16-32(44)36(42)33(45)24-19-26-17-20-27(21-18-26)38(46)43-4/h5-25,36-37H,42H2,1-4H3,(H,43,46)/b24-19+. The quantitative estimate of drug-likeness (QED) is 0.112. The molecular weight excluding hydrogens is 657 g/mol. The maximum absolute atomic E-state index is 13.3. The van der Waals surface area contributed by atoms with Crippen LogP contribution in [0.3, 0.4) is 0 Å². The van der Waals surface area contributed by atoms with Crippen molar-refractivity contribution in [2.45, 2.75) is 32.9 Å². The van der Waals surface area contributed by atoms with E-state index in [0.29, 0.717) is 32.6 Å². The second-order valence-corrected chi connectivity index (χ2v) is 15.3. The zero-order valence-electron chi connectivity index (χ0n) is 27.3. The van der Waals surface area contributed by atoms with Crippen LogP contribution in [0.25, 0.3) is 11.8 Å². The number of benzene rings is 4. The van der Waals surface area contributed by atoms with Gasteiger partial charge in [-0.15, -0.1) is 0 Å². The molecule has 9 heteroatoms. The summed E-state index contributed by atoms with van der Waals surface area (Å²) in [5.74, 6) is -0.466. The third-order valence-corrected chi connectivity index (χ3v) is 10.9. The molecule has 1 amide bonds. The fourth-order valence-corrected chi connectivity index (χ4v) is 8.40. The molecule has 0 aliphatic carbocycles. The van der Waals surface area contributed by atoms with Gasteiger partial charge in [-0.05, 0) is 63.8 Å². The van der Waals surface area contributed by atoms with Gasteiger partial charge in [0.25, 0.3) is 14.9 Å². The third kappa shape index (κ3) is 7.89. The van der Waals surface area contributed by atoms with Gasteiger partial charge in [0, 0.05) is 35.1 Å². The van der Waals surface area contributed by atoms with Crippen molar-refractivity contribution in [3.63, 3.8) is 0 Å². The average molecular weight is 696 g/mol. The largest absolute Gasteiger partial charge is 0.400 e. The van der Waals surface area contributed by atoms with Crippen molar-refractivity contribution in [3.8, 4) is 5.69 Å². The van der Waals surface area contributed by atoms with E-state index in [1.807, 2.05) is 71.4 Å². The van der Waals surface area contributed by atoms with Crippen molar-refractivity contribution in [3.05, 3.63) is 154 Å². The minimum Gasteiger partial charge on any atom is -0.400 e. The summed E-state index contributed by atoms with van der Waals surface area (Å²) in [7, 11) is -0.134. The summed E-state index contributed by atoms with van der Waals surface area (Å²) in [5, 5.41) is 5.73. The van der Waals surface area contributed by atoms with E-state index in [-0.39, 0.29) is 17.1 Å². The molecule has 0 bridgehead atoms. The Morgan fingerprint density at radius 2 is 1.46 bits per heavy atom. The lowest BCUT2D eigenvalue weighted by atomic mass is 9.84. The van der Waals surface area contributed by atoms with Crippen molar-refractivity contribution in [1.82, 2.24) is 9.88 Å². The van der Waals surface area contributed by atoms with Crippen LogP contribution in [0.4, 0.5) is 0 Å². The minimum absolute atomic E-state index is 0.178. The second-order valence-electron chi connectivity index (χ2n) is 12.4. The number of nitrogens with one attached hydrogen (secondary N) is 1. The fraction of sp³-hybridized carbons (Fsp3) is 0.179. The first-order valence-electron chi connectivity index (χ1n) is 15.6. The first kappa shape index (κ1) is 35.1. The van der Waals surface area contributed by atoms with Crippen molar-refractivity contribution < 1.29 is 14.0 Å². The van der Waals surface area contributed by atoms with Gasteiger partial charge in [-0.3, -0.25) is 9.59 Å². The monoisotopic (exact) mass is 694 g/mol. The molecule has 0 saturated heterocycles. The Balaban J connectivity index is 1.48. The van der Waals surface area contributed by atoms with Crippen LogP contribution >= 0.6 is 23.2 Å². The highest BCUT2D eigenvalue weighted by atomic mass is 35.5. The van der Waals surface area contributed by atoms with Crippen LogP contribution in [0.15, 0.2) is 121 Å². The normalized spacial score (nSPS) is 13.1. The highest BCUT2D eigenvalue weighted by Gasteiger charge is 2.36. The van der Waals surface area contributed by atoms with E-state index < -0.39 is 21.2 Å². The van der Waals surface area contributed by atoms with Crippen molar-refractivity contribution >= 4 is 60.4 Å². The van der Waals surface area contributed by atoms with E-state index in [1.54, 1.807) is 37.4 Å². The molecule has 3 N–H and O–H groups in total. The molecule has 0 fully saturated rings. The summed E-state index contributed by atoms with van der Waals surface area (Å²) in [4.78, 5) is 25.1. The van der Waals surface area contributed by atoms with E-state index >= 15 is 0 Å². The number of carbonyl (C=O) groups excluding carboxylic acids is 2. The molecule has 5 rings (SSSR count). The van der Waals surface area contributed by atoms with Crippen LogP contribution < -0.4 is 21.4 Å². The number of halogens is 2. The van der Waals surface area contributed by atoms with E-state index in [0.717, 1.165) is 15.9 Å². The van der Waals surface area contributed by atoms with Crippen molar-refractivity contribution in [2.24, 2.45) is 11.1 Å². The van der Waals surface area contributed by atoms with Crippen LogP contribution in [-0.2, 0) is 9.22 Å². The number of amides is 1. The van der Waals surface area contributed by atoms with E-state index in [9.17, 15) is 9.59 Å². The van der Waals surface area contributed by atoms with E-state index in [1.165, 1.54) is 6.08 Å². The molecule has 0 spiro atoms. The predicted molar refractivity (Wildman–Crippen MR) is 198 cm³/mol. The first-order valence-corrected chi connectivity index (χ1v) is 17.8. The Morgan fingerprint density at radius 1 is 0.854 bits per heavy atom. The predicted octanol–water partition coefficient (Wildman–Crippen LogP) is 7.34. The van der Waals surface area contributed by atoms with Gasteiger partial charge in [-0.1, -0.05) is 123 Å². The highest BCUT2D eigenvalue weighted by molar-refractivity contribution is 6.80. The summed E-state index contributed by atoms with van der Waals surface area (Å²) in [6.45, 7) is 6.34. The number of rotatable bonds is 11. The number of nitrogens with zero attached hydrogens (tertiary/aromatic N) is 1. The van der Waals surface area contributed by atoms with Gasteiger partial charge >= 0.3 is 0 Å². The molecule has 1 heterocycles. The SMILES string of the molecule is CNC(=O)c1ccc(/C=C/C(=O)C(N)c2cccn2-c2ccc(Cl)c(C(O[Si](c3ccccc3)c3ccccc3)C(C)(C)C)c2Cl)cc1. The zero-order chi connectivity index (χ0) is 34.4. The highest BCUT2D eigenvalue weighted by Crippen LogP contribution is 2.45. The first-order chi connectivity index (χ1) is 23.0. The molecule has 2 unspecified atom stereocenters. The average Bonchev–Trinajstić information content (AvgIpc) is 3.58. The molecule has 1 aromatic heterocycles. The molecule has 6 nitrogen and oxygen atoms in total. The fourth-order valence-electron chi connectivity index (χ4n) is 5.44. The lowest BCUT2D eigenvalue weighted by Gasteiger charge is -2.36. The molecular formula is C39H38Cl2N3O3Si. The van der Waals surface area contributed by atoms with Gasteiger partial charge in [0.15, 0.2) is 5.78 Å². The lowest BCUT2D eigenvalue weighted by molar-refractivity contribution is -0.115. The van der Waals surface area contributed by atoms with Crippen LogP contribution in [-0.4, -0.2) is 32.3 Å². The Kier molecular flexibility index (Phi) is 11.2.